The molecule has 0 aliphatic heterocycles. The van der Waals surface area contributed by atoms with Gasteiger partial charge in [-0.1, -0.05) is 0 Å². The number of hydrogen-bond donors (Lipinski definition) is 6. The first-order valence-electron chi connectivity index (χ1n) is 13.5. The number of hydrogen-bond acceptors (Lipinski definition) is 11. The van der Waals surface area contributed by atoms with Crippen molar-refractivity contribution in [2.24, 2.45) is 0 Å². The van der Waals surface area contributed by atoms with Crippen LogP contribution >= 0.6 is 0 Å². The highest BCUT2D eigenvalue weighted by molar-refractivity contribution is 6.05. The molecule has 0 saturated heterocycles. The minimum absolute atomic E-state index is 0.0603. The molecule has 0 heterocycles. The molecule has 0 rings (SSSR count). The Kier molecular flexibility index (Phi) is 24.8. The fourth-order valence-electron chi connectivity index (χ4n) is 3.15. The van der Waals surface area contributed by atoms with Gasteiger partial charge in [-0.05, 0) is 32.7 Å². The minimum atomic E-state index is -0.999. The third-order valence-electron chi connectivity index (χ3n) is 5.45. The first-order valence-corrected chi connectivity index (χ1v) is 13.5. The lowest BCUT2D eigenvalue weighted by molar-refractivity contribution is -0.139. The van der Waals surface area contributed by atoms with Gasteiger partial charge < -0.3 is 55.3 Å². The number of rotatable bonds is 28. The summed E-state index contributed by atoms with van der Waals surface area (Å²) in [6.45, 7) is 2.49. The molecule has 0 aromatic heterocycles. The number of amides is 3. The minimum Gasteiger partial charge on any atom is -0.480 e. The molecular formula is C24H46BN5O10. The lowest BCUT2D eigenvalue weighted by Crippen LogP contribution is -2.36. The van der Waals surface area contributed by atoms with Gasteiger partial charge in [0.1, 0.15) is 25.5 Å². The number of aldehydes is 1. The molecule has 0 spiro atoms. The van der Waals surface area contributed by atoms with E-state index in [0.717, 1.165) is 25.5 Å². The number of carboxylic acid groups (broad SMARTS) is 1. The van der Waals surface area contributed by atoms with Crippen LogP contribution in [0, 0.1) is 0 Å². The van der Waals surface area contributed by atoms with Crippen LogP contribution < -0.4 is 26.5 Å². The van der Waals surface area contributed by atoms with E-state index in [1.165, 1.54) is 7.05 Å². The lowest BCUT2D eigenvalue weighted by Gasteiger charge is -2.11. The van der Waals surface area contributed by atoms with Gasteiger partial charge in [0.05, 0.1) is 45.7 Å². The van der Waals surface area contributed by atoms with Crippen molar-refractivity contribution in [3.05, 3.63) is 0 Å². The van der Waals surface area contributed by atoms with Gasteiger partial charge in [0.15, 0.2) is 7.98 Å². The van der Waals surface area contributed by atoms with Gasteiger partial charge in [0, 0.05) is 26.1 Å². The molecule has 2 unspecified atom stereocenters. The SMILES string of the molecule is BNC(C=O)CCCCNC(=O)COCCOCCNC(=O)COCCOCCNC(=O)CCC(NC)C(=O)O. The molecule has 0 aromatic rings. The zero-order valence-corrected chi connectivity index (χ0v) is 23.7. The second kappa shape index (κ2) is 26.6. The molecule has 0 aliphatic carbocycles. The quantitative estimate of drug-likeness (QED) is 0.0309. The average Bonchev–Trinajstić information content (AvgIpc) is 2.93. The maximum atomic E-state index is 11.7. The van der Waals surface area contributed by atoms with Crippen LogP contribution in [0.1, 0.15) is 32.1 Å². The van der Waals surface area contributed by atoms with Crippen LogP contribution in [0.5, 0.6) is 0 Å². The fraction of sp³-hybridized carbons (Fsp3) is 0.792. The van der Waals surface area contributed by atoms with Gasteiger partial charge in [-0.3, -0.25) is 19.2 Å². The lowest BCUT2D eigenvalue weighted by atomic mass is 10.1. The molecule has 0 radical (unpaired) electrons. The number of unbranched alkanes of at least 4 members (excludes halogenated alkanes) is 1. The number of ether oxygens (including phenoxy) is 4. The van der Waals surface area contributed by atoms with Crippen molar-refractivity contribution >= 4 is 38.0 Å². The summed E-state index contributed by atoms with van der Waals surface area (Å²) in [5.41, 5.74) is 0. The molecule has 2 atom stereocenters. The predicted octanol–water partition coefficient (Wildman–Crippen LogP) is -3.27. The van der Waals surface area contributed by atoms with Crippen LogP contribution in [0.3, 0.4) is 0 Å². The van der Waals surface area contributed by atoms with Crippen molar-refractivity contribution in [2.45, 2.75) is 44.2 Å². The van der Waals surface area contributed by atoms with Crippen molar-refractivity contribution in [3.63, 3.8) is 0 Å². The van der Waals surface area contributed by atoms with Crippen molar-refractivity contribution in [1.29, 1.82) is 0 Å². The van der Waals surface area contributed by atoms with Gasteiger partial charge in [-0.15, -0.1) is 0 Å². The molecule has 230 valence electrons. The van der Waals surface area contributed by atoms with Crippen LogP contribution in [0.15, 0.2) is 0 Å². The summed E-state index contributed by atoms with van der Waals surface area (Å²) in [7, 11) is 3.26. The summed E-state index contributed by atoms with van der Waals surface area (Å²) in [6, 6.07) is -0.908. The number of likely N-dealkylation sites (N-methyl/N-ethyl adjacent to an activating group) is 1. The van der Waals surface area contributed by atoms with Gasteiger partial charge in [0.25, 0.3) is 0 Å². The maximum Gasteiger partial charge on any atom is 0.320 e. The molecule has 40 heavy (non-hydrogen) atoms. The van der Waals surface area contributed by atoms with Crippen LogP contribution in [0.2, 0.25) is 0 Å². The summed E-state index contributed by atoms with van der Waals surface area (Å²) in [4.78, 5) is 56.7. The Morgan fingerprint density at radius 1 is 0.750 bits per heavy atom. The standard InChI is InChI=1S/C24H46BN5O10/c1-26-20(24(35)36)5-6-21(32)28-8-10-37-12-15-40-18-23(34)29-9-11-38-13-14-39-17-22(33)27-7-3-2-4-19(16-31)30-25/h16,19-20,26,30H,2-15,17-18,25H2,1H3,(H,27,33)(H,28,32)(H,29,34)(H,35,36). The summed E-state index contributed by atoms with van der Waals surface area (Å²) in [5.74, 6) is -1.76. The Bertz CT molecular complexity index is 720. The maximum absolute atomic E-state index is 11.7. The molecule has 3 amide bonds. The number of carboxylic acids is 1. The molecule has 0 aromatic carbocycles. The summed E-state index contributed by atoms with van der Waals surface area (Å²) >= 11 is 0. The highest BCUT2D eigenvalue weighted by Gasteiger charge is 2.16. The summed E-state index contributed by atoms with van der Waals surface area (Å²) in [5, 5.41) is 22.5. The molecular weight excluding hydrogens is 529 g/mol. The Balaban J connectivity index is 3.44. The zero-order chi connectivity index (χ0) is 29.8. The molecule has 0 saturated carbocycles. The highest BCUT2D eigenvalue weighted by Crippen LogP contribution is 1.98. The van der Waals surface area contributed by atoms with Crippen molar-refractivity contribution in [1.82, 2.24) is 26.5 Å². The van der Waals surface area contributed by atoms with Gasteiger partial charge in [-0.2, -0.15) is 0 Å². The van der Waals surface area contributed by atoms with Crippen LogP contribution in [0.4, 0.5) is 0 Å². The normalized spacial score (nSPS) is 12.3. The van der Waals surface area contributed by atoms with E-state index < -0.39 is 12.0 Å². The zero-order valence-electron chi connectivity index (χ0n) is 23.7. The smallest absolute Gasteiger partial charge is 0.320 e. The van der Waals surface area contributed by atoms with E-state index in [-0.39, 0.29) is 96.0 Å². The summed E-state index contributed by atoms with van der Waals surface area (Å²) < 4.78 is 21.1. The first-order chi connectivity index (χ1) is 19.3. The number of aliphatic carboxylic acids is 1. The van der Waals surface area contributed by atoms with Crippen LogP contribution in [0.25, 0.3) is 0 Å². The van der Waals surface area contributed by atoms with E-state index in [0.29, 0.717) is 13.1 Å². The number of nitrogens with one attached hydrogen (secondary N) is 5. The molecule has 6 N–H and O–H groups in total. The highest BCUT2D eigenvalue weighted by atomic mass is 16.5. The molecule has 0 fully saturated rings. The number of carbonyl (C=O) groups is 5. The third kappa shape index (κ3) is 23.3. The largest absolute Gasteiger partial charge is 0.480 e. The van der Waals surface area contributed by atoms with E-state index in [9.17, 15) is 24.0 Å². The Labute approximate surface area is 236 Å². The fourth-order valence-corrected chi connectivity index (χ4v) is 3.15. The van der Waals surface area contributed by atoms with Crippen molar-refractivity contribution < 1.29 is 48.0 Å². The van der Waals surface area contributed by atoms with Gasteiger partial charge in [0.2, 0.25) is 17.7 Å². The van der Waals surface area contributed by atoms with E-state index in [2.05, 4.69) is 26.5 Å². The molecule has 16 heteroatoms. The molecule has 15 nitrogen and oxygen atoms in total. The van der Waals surface area contributed by atoms with E-state index in [1.54, 1.807) is 7.98 Å². The number of carbonyl (C=O) groups excluding carboxylic acids is 4. The van der Waals surface area contributed by atoms with Gasteiger partial charge >= 0.3 is 5.97 Å². The third-order valence-corrected chi connectivity index (χ3v) is 5.45. The van der Waals surface area contributed by atoms with Crippen molar-refractivity contribution in [2.75, 3.05) is 79.5 Å². The Hall–Kier alpha value is -2.63. The monoisotopic (exact) mass is 575 g/mol. The Morgan fingerprint density at radius 3 is 1.77 bits per heavy atom. The second-order valence-electron chi connectivity index (χ2n) is 8.62. The summed E-state index contributed by atoms with van der Waals surface area (Å²) in [6.07, 6.45) is 3.51. The van der Waals surface area contributed by atoms with E-state index >= 15 is 0 Å². The van der Waals surface area contributed by atoms with E-state index in [1.807, 2.05) is 0 Å². The molecule has 0 aliphatic rings. The first kappa shape index (κ1) is 37.4. The predicted molar refractivity (Wildman–Crippen MR) is 147 cm³/mol. The van der Waals surface area contributed by atoms with Gasteiger partial charge in [-0.25, -0.2) is 0 Å². The Morgan fingerprint density at radius 2 is 1.27 bits per heavy atom. The van der Waals surface area contributed by atoms with E-state index in [4.69, 9.17) is 24.1 Å². The molecule has 0 bridgehead atoms. The average molecular weight is 575 g/mol. The van der Waals surface area contributed by atoms with Crippen LogP contribution in [-0.4, -0.2) is 135 Å². The second-order valence-corrected chi connectivity index (χ2v) is 8.62. The topological polar surface area (TPSA) is 203 Å². The van der Waals surface area contributed by atoms with Crippen molar-refractivity contribution in [3.8, 4) is 0 Å². The van der Waals surface area contributed by atoms with Crippen LogP contribution in [-0.2, 0) is 42.9 Å².